The van der Waals surface area contributed by atoms with Crippen LogP contribution in [0.4, 0.5) is 0 Å². The molecule has 0 aliphatic rings. The fourth-order valence-corrected chi connectivity index (χ4v) is 2.06. The van der Waals surface area contributed by atoms with Gasteiger partial charge in [0.2, 0.25) is 0 Å². The number of fused-ring (bicyclic) bond motifs is 1. The highest BCUT2D eigenvalue weighted by Gasteiger charge is 2.05. The molecule has 0 N–H and O–H groups in total. The highest BCUT2D eigenvalue weighted by atomic mass is 79.9. The molecule has 0 aromatic heterocycles. The van der Waals surface area contributed by atoms with E-state index in [4.69, 9.17) is 9.47 Å². The van der Waals surface area contributed by atoms with Crippen LogP contribution in [0.5, 0.6) is 11.5 Å². The third-order valence-corrected chi connectivity index (χ3v) is 3.21. The zero-order chi connectivity index (χ0) is 11.5. The molecule has 16 heavy (non-hydrogen) atoms. The van der Waals surface area contributed by atoms with E-state index < -0.39 is 0 Å². The zero-order valence-corrected chi connectivity index (χ0v) is 10.9. The van der Waals surface area contributed by atoms with Gasteiger partial charge in [-0.1, -0.05) is 34.1 Å². The lowest BCUT2D eigenvalue weighted by Gasteiger charge is -2.09. The van der Waals surface area contributed by atoms with Crippen molar-refractivity contribution in [2.45, 2.75) is 5.33 Å². The highest BCUT2D eigenvalue weighted by molar-refractivity contribution is 9.08. The third kappa shape index (κ3) is 2.00. The number of ether oxygens (including phenoxy) is 2. The van der Waals surface area contributed by atoms with Gasteiger partial charge in [-0.2, -0.15) is 0 Å². The molecule has 2 nitrogen and oxygen atoms in total. The van der Waals surface area contributed by atoms with Crippen molar-refractivity contribution >= 4 is 26.7 Å². The molecule has 2 aromatic carbocycles. The topological polar surface area (TPSA) is 18.5 Å². The number of rotatable bonds is 3. The number of hydrogen-bond donors (Lipinski definition) is 0. The molecule has 0 aliphatic carbocycles. The van der Waals surface area contributed by atoms with Crippen LogP contribution in [0, 0.1) is 0 Å². The minimum atomic E-state index is 0.765. The smallest absolute Gasteiger partial charge is 0.161 e. The first-order chi connectivity index (χ1) is 7.78. The van der Waals surface area contributed by atoms with Gasteiger partial charge in [0.15, 0.2) is 11.5 Å². The summed E-state index contributed by atoms with van der Waals surface area (Å²) in [6.45, 7) is 0. The fraction of sp³-hybridized carbons (Fsp3) is 0.231. The molecule has 0 unspecified atom stereocenters. The van der Waals surface area contributed by atoms with E-state index in [0.717, 1.165) is 27.6 Å². The average molecular weight is 281 g/mol. The van der Waals surface area contributed by atoms with Gasteiger partial charge in [-0.3, -0.25) is 0 Å². The summed E-state index contributed by atoms with van der Waals surface area (Å²) in [5.41, 5.74) is 1.25. The summed E-state index contributed by atoms with van der Waals surface area (Å²) in [5.74, 6) is 1.53. The van der Waals surface area contributed by atoms with Crippen LogP contribution in [0.3, 0.4) is 0 Å². The SMILES string of the molecule is COc1cc2ccc(CBr)cc2cc1OC. The summed E-state index contributed by atoms with van der Waals surface area (Å²) in [6, 6.07) is 10.3. The number of hydrogen-bond acceptors (Lipinski definition) is 2. The molecule has 84 valence electrons. The minimum Gasteiger partial charge on any atom is -0.493 e. The Hall–Kier alpha value is -1.22. The van der Waals surface area contributed by atoms with E-state index in [0.29, 0.717) is 0 Å². The van der Waals surface area contributed by atoms with Crippen molar-refractivity contribution in [1.29, 1.82) is 0 Å². The van der Waals surface area contributed by atoms with Gasteiger partial charge in [0.1, 0.15) is 0 Å². The molecule has 0 bridgehead atoms. The predicted octanol–water partition coefficient (Wildman–Crippen LogP) is 3.75. The quantitative estimate of drug-likeness (QED) is 0.798. The number of alkyl halides is 1. The van der Waals surface area contributed by atoms with Crippen LogP contribution in [-0.4, -0.2) is 14.2 Å². The number of methoxy groups -OCH3 is 2. The van der Waals surface area contributed by atoms with Gasteiger partial charge in [-0.15, -0.1) is 0 Å². The molecule has 0 aliphatic heterocycles. The summed E-state index contributed by atoms with van der Waals surface area (Å²) in [7, 11) is 3.30. The maximum absolute atomic E-state index is 5.28. The van der Waals surface area contributed by atoms with Crippen LogP contribution in [0.15, 0.2) is 30.3 Å². The largest absolute Gasteiger partial charge is 0.493 e. The van der Waals surface area contributed by atoms with E-state index >= 15 is 0 Å². The minimum absolute atomic E-state index is 0.765. The summed E-state index contributed by atoms with van der Waals surface area (Å²) in [4.78, 5) is 0. The maximum Gasteiger partial charge on any atom is 0.161 e. The van der Waals surface area contributed by atoms with Gasteiger partial charge in [0.25, 0.3) is 0 Å². The molecule has 0 fully saturated rings. The van der Waals surface area contributed by atoms with E-state index in [2.05, 4.69) is 34.1 Å². The monoisotopic (exact) mass is 280 g/mol. The van der Waals surface area contributed by atoms with E-state index in [1.165, 1.54) is 5.56 Å². The molecular formula is C13H13BrO2. The maximum atomic E-state index is 5.28. The Balaban J connectivity index is 2.63. The molecule has 3 heteroatoms. The molecule has 0 heterocycles. The van der Waals surface area contributed by atoms with Crippen LogP contribution in [0.2, 0.25) is 0 Å². The van der Waals surface area contributed by atoms with Crippen molar-refractivity contribution in [3.8, 4) is 11.5 Å². The Morgan fingerprint density at radius 2 is 1.56 bits per heavy atom. The molecule has 0 atom stereocenters. The van der Waals surface area contributed by atoms with Crippen LogP contribution in [0.1, 0.15) is 5.56 Å². The summed E-state index contributed by atoms with van der Waals surface area (Å²) >= 11 is 3.45. The van der Waals surface area contributed by atoms with Crippen molar-refractivity contribution in [3.63, 3.8) is 0 Å². The highest BCUT2D eigenvalue weighted by Crippen LogP contribution is 2.32. The van der Waals surface area contributed by atoms with Crippen molar-refractivity contribution < 1.29 is 9.47 Å². The molecule has 0 amide bonds. The van der Waals surface area contributed by atoms with Gasteiger partial charge in [0, 0.05) is 5.33 Å². The first-order valence-corrected chi connectivity index (χ1v) is 6.11. The summed E-state index contributed by atoms with van der Waals surface area (Å²) in [6.07, 6.45) is 0. The molecular weight excluding hydrogens is 268 g/mol. The molecule has 0 saturated carbocycles. The number of benzene rings is 2. The Morgan fingerprint density at radius 1 is 0.938 bits per heavy atom. The Kier molecular flexibility index (Phi) is 3.34. The van der Waals surface area contributed by atoms with Gasteiger partial charge >= 0.3 is 0 Å². The second-order valence-electron chi connectivity index (χ2n) is 3.52. The van der Waals surface area contributed by atoms with Gasteiger partial charge < -0.3 is 9.47 Å². The Bertz CT molecular complexity index is 509. The van der Waals surface area contributed by atoms with Crippen molar-refractivity contribution in [2.75, 3.05) is 14.2 Å². The first-order valence-electron chi connectivity index (χ1n) is 4.99. The van der Waals surface area contributed by atoms with Crippen LogP contribution < -0.4 is 9.47 Å². The van der Waals surface area contributed by atoms with Gasteiger partial charge in [0.05, 0.1) is 14.2 Å². The fourth-order valence-electron chi connectivity index (χ4n) is 1.71. The van der Waals surface area contributed by atoms with E-state index in [1.54, 1.807) is 14.2 Å². The first kappa shape index (κ1) is 11.3. The molecule has 0 radical (unpaired) electrons. The van der Waals surface area contributed by atoms with Crippen molar-refractivity contribution in [1.82, 2.24) is 0 Å². The summed E-state index contributed by atoms with van der Waals surface area (Å²) < 4.78 is 10.5. The van der Waals surface area contributed by atoms with Crippen LogP contribution >= 0.6 is 15.9 Å². The van der Waals surface area contributed by atoms with Crippen LogP contribution in [-0.2, 0) is 5.33 Å². The van der Waals surface area contributed by atoms with Gasteiger partial charge in [-0.05, 0) is 28.5 Å². The molecule has 0 spiro atoms. The molecule has 2 rings (SSSR count). The summed E-state index contributed by atoms with van der Waals surface area (Å²) in [5, 5.41) is 3.18. The molecule has 0 saturated heterocycles. The number of halogens is 1. The van der Waals surface area contributed by atoms with E-state index in [1.807, 2.05) is 12.1 Å². The lowest BCUT2D eigenvalue weighted by atomic mass is 10.1. The zero-order valence-electron chi connectivity index (χ0n) is 9.29. The van der Waals surface area contributed by atoms with Gasteiger partial charge in [-0.25, -0.2) is 0 Å². The lowest BCUT2D eigenvalue weighted by Crippen LogP contribution is -1.90. The lowest BCUT2D eigenvalue weighted by molar-refractivity contribution is 0.356. The van der Waals surface area contributed by atoms with Crippen molar-refractivity contribution in [3.05, 3.63) is 35.9 Å². The molecule has 2 aromatic rings. The van der Waals surface area contributed by atoms with Crippen molar-refractivity contribution in [2.24, 2.45) is 0 Å². The second kappa shape index (κ2) is 4.74. The van der Waals surface area contributed by atoms with E-state index in [9.17, 15) is 0 Å². The standard InChI is InChI=1S/C13H13BrO2/c1-15-12-6-10-4-3-9(8-14)5-11(10)7-13(12)16-2/h3-7H,8H2,1-2H3. The normalized spacial score (nSPS) is 10.4. The third-order valence-electron chi connectivity index (χ3n) is 2.56. The van der Waals surface area contributed by atoms with Crippen LogP contribution in [0.25, 0.3) is 10.8 Å². The Labute approximate surface area is 103 Å². The predicted molar refractivity (Wildman–Crippen MR) is 69.7 cm³/mol. The Morgan fingerprint density at radius 3 is 2.12 bits per heavy atom. The van der Waals surface area contributed by atoms with E-state index in [-0.39, 0.29) is 0 Å². The second-order valence-corrected chi connectivity index (χ2v) is 4.08. The average Bonchev–Trinajstić information content (AvgIpc) is 2.36.